The largest absolute Gasteiger partial charge is 0.453 e. The first-order valence-corrected chi connectivity index (χ1v) is 20.1. The summed E-state index contributed by atoms with van der Waals surface area (Å²) in [5.41, 5.74) is 7.93. The van der Waals surface area contributed by atoms with Crippen LogP contribution in [0.4, 0.5) is 9.59 Å². The molecule has 6 atom stereocenters. The predicted molar refractivity (Wildman–Crippen MR) is 214 cm³/mol. The van der Waals surface area contributed by atoms with Gasteiger partial charge >= 0.3 is 12.2 Å². The highest BCUT2D eigenvalue weighted by Gasteiger charge is 2.54. The number of nitrogens with one attached hydrogen (secondary N) is 4. The molecule has 15 heteroatoms. The molecule has 1 aliphatic heterocycles. The lowest BCUT2D eigenvalue weighted by Crippen LogP contribution is -2.53. The van der Waals surface area contributed by atoms with Crippen molar-refractivity contribution in [3.8, 4) is 33.6 Å². The first-order valence-electron chi connectivity index (χ1n) is 19.7. The number of nitrogens with zero attached hydrogens (tertiary/aromatic N) is 4. The number of H-pyrrole nitrogens is 2. The fourth-order valence-electron chi connectivity index (χ4n) is 9.03. The molecule has 0 radical (unpaired) electrons. The molecule has 7 rings (SSSR count). The third kappa shape index (κ3) is 7.96. The molecule has 0 spiro atoms. The van der Waals surface area contributed by atoms with E-state index in [0.717, 1.165) is 71.6 Å². The average Bonchev–Trinajstić information content (AvgIpc) is 4.06. The minimum Gasteiger partial charge on any atom is -0.453 e. The quantitative estimate of drug-likeness (QED) is 0.120. The highest BCUT2D eigenvalue weighted by molar-refractivity contribution is 6.33. The van der Waals surface area contributed by atoms with Crippen molar-refractivity contribution in [3.63, 3.8) is 0 Å². The topological polar surface area (TPSA) is 175 Å². The number of fused-ring (bicyclic) bond motifs is 2. The lowest BCUT2D eigenvalue weighted by molar-refractivity contribution is -0.143. The van der Waals surface area contributed by atoms with E-state index in [1.807, 2.05) is 76.4 Å². The monoisotopic (exact) mass is 798 g/mol. The highest BCUT2D eigenvalue weighted by atomic mass is 35.5. The van der Waals surface area contributed by atoms with E-state index in [2.05, 4.69) is 25.7 Å². The Hall–Kier alpha value is -5.37. The SMILES string of the molecule is COC(=O)N[C@H](C(=O)N1CCC[C@H]1c1ncc(-c2ccc(-c3ccc(-c4cnc(C5C6CCC(C6)[C@@H]5C(=O)N(NC(=O)OC)C(C)C)[nH]4)cc3)cc2Cl)[nH]1)C(C)C. The summed E-state index contributed by atoms with van der Waals surface area (Å²) in [5, 5.41) is 4.65. The predicted octanol–water partition coefficient (Wildman–Crippen LogP) is 7.47. The van der Waals surface area contributed by atoms with Crippen LogP contribution >= 0.6 is 11.6 Å². The second-order valence-electron chi connectivity index (χ2n) is 16.0. The van der Waals surface area contributed by atoms with Crippen LogP contribution in [-0.4, -0.2) is 86.7 Å². The number of carbonyl (C=O) groups is 4. The molecule has 1 saturated heterocycles. The summed E-state index contributed by atoms with van der Waals surface area (Å²) < 4.78 is 9.54. The average molecular weight is 799 g/mol. The Morgan fingerprint density at radius 1 is 0.842 bits per heavy atom. The van der Waals surface area contributed by atoms with Gasteiger partial charge in [0.15, 0.2) is 0 Å². The molecule has 2 bridgehead atoms. The van der Waals surface area contributed by atoms with Gasteiger partial charge in [-0.25, -0.2) is 30.0 Å². The van der Waals surface area contributed by atoms with Gasteiger partial charge in [-0.2, -0.15) is 0 Å². The van der Waals surface area contributed by atoms with Gasteiger partial charge in [0.25, 0.3) is 0 Å². The van der Waals surface area contributed by atoms with Gasteiger partial charge in [0.1, 0.15) is 17.7 Å². The maximum Gasteiger partial charge on any atom is 0.425 e. The lowest BCUT2D eigenvalue weighted by Gasteiger charge is -2.35. The summed E-state index contributed by atoms with van der Waals surface area (Å²) in [6.07, 6.45) is 6.85. The van der Waals surface area contributed by atoms with Gasteiger partial charge in [0.05, 0.1) is 55.0 Å². The number of alkyl carbamates (subject to hydrolysis) is 1. The van der Waals surface area contributed by atoms with Gasteiger partial charge in [0.2, 0.25) is 11.8 Å². The van der Waals surface area contributed by atoms with E-state index in [4.69, 9.17) is 26.1 Å². The second kappa shape index (κ2) is 16.6. The molecular formula is C42H51ClN8O6. The van der Waals surface area contributed by atoms with Gasteiger partial charge in [-0.1, -0.05) is 61.8 Å². The summed E-state index contributed by atoms with van der Waals surface area (Å²) in [4.78, 5) is 69.7. The molecule has 14 nitrogen and oxygen atoms in total. The van der Waals surface area contributed by atoms with Crippen molar-refractivity contribution < 1.29 is 28.7 Å². The number of rotatable bonds is 10. The number of hydrogen-bond donors (Lipinski definition) is 4. The minimum absolute atomic E-state index is 0.0660. The van der Waals surface area contributed by atoms with Gasteiger partial charge in [-0.05, 0) is 86.5 Å². The first-order chi connectivity index (χ1) is 27.4. The Morgan fingerprint density at radius 2 is 1.49 bits per heavy atom. The first kappa shape index (κ1) is 39.8. The molecule has 2 aromatic carbocycles. The van der Waals surface area contributed by atoms with Gasteiger partial charge in [0, 0.05) is 24.1 Å². The zero-order valence-electron chi connectivity index (χ0n) is 33.2. The molecule has 302 valence electrons. The second-order valence-corrected chi connectivity index (χ2v) is 16.4. The summed E-state index contributed by atoms with van der Waals surface area (Å²) in [6.45, 7) is 8.09. The van der Waals surface area contributed by atoms with Crippen molar-refractivity contribution in [2.75, 3.05) is 20.8 Å². The summed E-state index contributed by atoms with van der Waals surface area (Å²) in [7, 11) is 2.57. The highest BCUT2D eigenvalue weighted by Crippen LogP contribution is 2.56. The normalized spacial score (nSPS) is 21.8. The van der Waals surface area contributed by atoms with Crippen LogP contribution < -0.4 is 10.7 Å². The number of carbonyl (C=O) groups excluding carboxylic acids is 4. The van der Waals surface area contributed by atoms with Crippen LogP contribution in [0.5, 0.6) is 0 Å². The number of benzene rings is 2. The van der Waals surface area contributed by atoms with E-state index in [1.54, 1.807) is 11.1 Å². The molecule has 4 aromatic rings. The molecule has 57 heavy (non-hydrogen) atoms. The maximum absolute atomic E-state index is 13.9. The molecule has 2 saturated carbocycles. The standard InChI is InChI=1S/C42H51ClN8O6/c1-22(2)36(48-41(54)56-5)40(53)50-17-7-8-33(50)37-44-21-32(47-37)29-16-15-26(19-30(29)43)24-9-11-25(12-10-24)31-20-45-38(46-31)34-27-13-14-28(18-27)35(34)39(52)51(23(3)4)49-42(55)57-6/h9-12,15-16,19-23,27-28,33-36H,7-8,13-14,17-18H2,1-6H3,(H,44,47)(H,45,46)(H,48,54)(H,49,55)/t27?,28?,33-,34?,35-,36-/m0/s1. The Balaban J connectivity index is 1.04. The maximum atomic E-state index is 13.9. The van der Waals surface area contributed by atoms with Crippen molar-refractivity contribution in [1.29, 1.82) is 0 Å². The number of hydrazine groups is 1. The summed E-state index contributed by atoms with van der Waals surface area (Å²) in [6, 6.07) is 12.9. The fraction of sp³-hybridized carbons (Fsp3) is 0.476. The molecule has 3 aliphatic rings. The van der Waals surface area contributed by atoms with E-state index >= 15 is 0 Å². The van der Waals surface area contributed by atoms with E-state index in [0.29, 0.717) is 23.3 Å². The molecule has 3 heterocycles. The van der Waals surface area contributed by atoms with E-state index in [1.165, 1.54) is 19.2 Å². The number of aromatic nitrogens is 4. The van der Waals surface area contributed by atoms with Crippen LogP contribution in [0, 0.1) is 23.7 Å². The van der Waals surface area contributed by atoms with Crippen molar-refractivity contribution in [3.05, 3.63) is 71.5 Å². The van der Waals surface area contributed by atoms with Gasteiger partial charge < -0.3 is 29.7 Å². The van der Waals surface area contributed by atoms with Crippen LogP contribution in [0.25, 0.3) is 33.6 Å². The molecule has 3 fully saturated rings. The number of hydrogen-bond acceptors (Lipinski definition) is 8. The molecule has 4 N–H and O–H groups in total. The molecule has 2 aliphatic carbocycles. The van der Waals surface area contributed by atoms with E-state index in [9.17, 15) is 19.2 Å². The smallest absolute Gasteiger partial charge is 0.425 e. The van der Waals surface area contributed by atoms with Gasteiger partial charge in [-0.3, -0.25) is 9.59 Å². The van der Waals surface area contributed by atoms with E-state index < -0.39 is 18.2 Å². The Labute approximate surface area is 337 Å². The van der Waals surface area contributed by atoms with E-state index in [-0.39, 0.29) is 47.6 Å². The van der Waals surface area contributed by atoms with Crippen molar-refractivity contribution in [2.24, 2.45) is 23.7 Å². The Morgan fingerprint density at radius 3 is 2.18 bits per heavy atom. The number of ether oxygens (including phenoxy) is 2. The van der Waals surface area contributed by atoms with Crippen LogP contribution in [0.1, 0.15) is 83.4 Å². The van der Waals surface area contributed by atoms with Crippen LogP contribution in [0.15, 0.2) is 54.9 Å². The van der Waals surface area contributed by atoms with Crippen molar-refractivity contribution in [1.82, 2.24) is 40.6 Å². The number of amides is 4. The number of likely N-dealkylation sites (tertiary alicyclic amines) is 1. The molecule has 3 unspecified atom stereocenters. The molecular weight excluding hydrogens is 748 g/mol. The third-order valence-corrected chi connectivity index (χ3v) is 12.2. The zero-order chi connectivity index (χ0) is 40.5. The zero-order valence-corrected chi connectivity index (χ0v) is 33.9. The van der Waals surface area contributed by atoms with Crippen molar-refractivity contribution >= 4 is 35.6 Å². The fourth-order valence-corrected chi connectivity index (χ4v) is 9.31. The number of imidazole rings is 2. The molecule has 4 amide bonds. The Bertz CT molecular complexity index is 2110. The number of halogens is 1. The van der Waals surface area contributed by atoms with Crippen LogP contribution in [0.2, 0.25) is 5.02 Å². The lowest BCUT2D eigenvalue weighted by atomic mass is 9.78. The summed E-state index contributed by atoms with van der Waals surface area (Å²) >= 11 is 6.89. The molecule has 2 aromatic heterocycles. The minimum atomic E-state index is -0.710. The van der Waals surface area contributed by atoms with Gasteiger partial charge in [-0.15, -0.1) is 0 Å². The van der Waals surface area contributed by atoms with Crippen molar-refractivity contribution in [2.45, 2.75) is 83.8 Å². The third-order valence-electron chi connectivity index (χ3n) is 11.9. The Kier molecular flexibility index (Phi) is 11.6. The van der Waals surface area contributed by atoms with Crippen LogP contribution in [0.3, 0.4) is 0 Å². The summed E-state index contributed by atoms with van der Waals surface area (Å²) in [5.74, 6) is 1.31. The van der Waals surface area contributed by atoms with Crippen LogP contribution in [-0.2, 0) is 19.1 Å². The number of methoxy groups -OCH3 is 2. The number of aromatic amines is 2.